The minimum Gasteiger partial charge on any atom is -0.467 e. The van der Waals surface area contributed by atoms with Gasteiger partial charge in [0.2, 0.25) is 0 Å². The molecule has 8 nitrogen and oxygen atoms in total. The highest BCUT2D eigenvalue weighted by Gasteiger charge is 2.24. The van der Waals surface area contributed by atoms with Crippen LogP contribution in [-0.2, 0) is 11.3 Å². The van der Waals surface area contributed by atoms with Crippen LogP contribution in [0.25, 0.3) is 22.3 Å². The lowest BCUT2D eigenvalue weighted by atomic mass is 10.1. The third kappa shape index (κ3) is 4.18. The Hall–Kier alpha value is -3.39. The first-order valence-corrected chi connectivity index (χ1v) is 10.6. The molecule has 0 unspecified atom stereocenters. The molecule has 0 radical (unpaired) electrons. The molecule has 8 heteroatoms. The molecular weight excluding hydrogens is 408 g/mol. The number of carbonyl (C=O) groups is 1. The van der Waals surface area contributed by atoms with Crippen LogP contribution < -0.4 is 0 Å². The lowest BCUT2D eigenvalue weighted by molar-refractivity contribution is 0.0668. The molecule has 0 atom stereocenters. The third-order valence-corrected chi connectivity index (χ3v) is 5.38. The van der Waals surface area contributed by atoms with Crippen LogP contribution >= 0.6 is 0 Å². The number of furan rings is 2. The molecular formula is C24H28N4O4. The molecule has 168 valence electrons. The predicted molar refractivity (Wildman–Crippen MR) is 120 cm³/mol. The van der Waals surface area contributed by atoms with E-state index in [9.17, 15) is 4.79 Å². The van der Waals surface area contributed by atoms with Gasteiger partial charge in [-0.1, -0.05) is 0 Å². The first kappa shape index (κ1) is 21.8. The number of aryl methyl sites for hydroxylation is 2. The van der Waals surface area contributed by atoms with Crippen LogP contribution in [0.4, 0.5) is 0 Å². The van der Waals surface area contributed by atoms with Crippen molar-refractivity contribution >= 4 is 16.9 Å². The van der Waals surface area contributed by atoms with Crippen molar-refractivity contribution in [3.63, 3.8) is 0 Å². The van der Waals surface area contributed by atoms with E-state index >= 15 is 0 Å². The van der Waals surface area contributed by atoms with Gasteiger partial charge in [0.25, 0.3) is 5.91 Å². The maximum Gasteiger partial charge on any atom is 0.255 e. The van der Waals surface area contributed by atoms with E-state index in [2.05, 4.69) is 5.10 Å². The summed E-state index contributed by atoms with van der Waals surface area (Å²) >= 11 is 0. The molecule has 4 heterocycles. The van der Waals surface area contributed by atoms with Gasteiger partial charge in [0.15, 0.2) is 5.65 Å². The van der Waals surface area contributed by atoms with Crippen molar-refractivity contribution in [2.75, 3.05) is 20.3 Å². The number of nitrogens with zero attached hydrogens (tertiary/aromatic N) is 4. The molecule has 0 aromatic carbocycles. The summed E-state index contributed by atoms with van der Waals surface area (Å²) in [5.74, 6) is 2.13. The number of hydrogen-bond acceptors (Lipinski definition) is 6. The van der Waals surface area contributed by atoms with Crippen LogP contribution in [0.15, 0.2) is 45.6 Å². The molecule has 0 aliphatic heterocycles. The molecule has 0 aliphatic carbocycles. The Morgan fingerprint density at radius 1 is 1.28 bits per heavy atom. The average molecular weight is 437 g/mol. The lowest BCUT2D eigenvalue weighted by Crippen LogP contribution is -2.33. The average Bonchev–Trinajstić information content (AvgIpc) is 3.49. The highest BCUT2D eigenvalue weighted by Crippen LogP contribution is 2.30. The van der Waals surface area contributed by atoms with E-state index in [4.69, 9.17) is 18.6 Å². The van der Waals surface area contributed by atoms with Gasteiger partial charge >= 0.3 is 0 Å². The number of pyridine rings is 1. The van der Waals surface area contributed by atoms with E-state index in [-0.39, 0.29) is 11.9 Å². The van der Waals surface area contributed by atoms with E-state index in [1.807, 2.05) is 56.6 Å². The van der Waals surface area contributed by atoms with Gasteiger partial charge in [0.05, 0.1) is 42.3 Å². The summed E-state index contributed by atoms with van der Waals surface area (Å²) in [4.78, 5) is 20.4. The smallest absolute Gasteiger partial charge is 0.255 e. The summed E-state index contributed by atoms with van der Waals surface area (Å²) in [6.07, 6.45) is 3.32. The van der Waals surface area contributed by atoms with Gasteiger partial charge in [-0.2, -0.15) is 5.10 Å². The first-order chi connectivity index (χ1) is 15.4. The minimum absolute atomic E-state index is 0.0955. The number of methoxy groups -OCH3 is 1. The normalized spacial score (nSPS) is 11.6. The van der Waals surface area contributed by atoms with Crippen molar-refractivity contribution in [2.24, 2.45) is 0 Å². The predicted octanol–water partition coefficient (Wildman–Crippen LogP) is 4.77. The quantitative estimate of drug-likeness (QED) is 0.395. The fourth-order valence-corrected chi connectivity index (χ4v) is 3.81. The van der Waals surface area contributed by atoms with Gasteiger partial charge in [-0.05, 0) is 52.0 Å². The Balaban J connectivity index is 1.85. The van der Waals surface area contributed by atoms with Crippen molar-refractivity contribution in [1.29, 1.82) is 0 Å². The zero-order valence-electron chi connectivity index (χ0n) is 19.1. The minimum atomic E-state index is -0.131. The van der Waals surface area contributed by atoms with Crippen LogP contribution in [0, 0.1) is 13.8 Å². The van der Waals surface area contributed by atoms with Gasteiger partial charge in [-0.15, -0.1) is 0 Å². The van der Waals surface area contributed by atoms with E-state index in [0.717, 1.165) is 17.1 Å². The summed E-state index contributed by atoms with van der Waals surface area (Å²) in [7, 11) is 1.62. The number of amides is 1. The highest BCUT2D eigenvalue weighted by atomic mass is 16.5. The molecule has 4 rings (SSSR count). The topological polar surface area (TPSA) is 86.5 Å². The first-order valence-electron chi connectivity index (χ1n) is 10.6. The third-order valence-electron chi connectivity index (χ3n) is 5.38. The van der Waals surface area contributed by atoms with Crippen LogP contribution in [-0.4, -0.2) is 45.8 Å². The Labute approximate surface area is 186 Å². The van der Waals surface area contributed by atoms with Crippen LogP contribution in [0.3, 0.4) is 0 Å². The van der Waals surface area contributed by atoms with Gasteiger partial charge in [-0.25, -0.2) is 9.67 Å². The zero-order chi connectivity index (χ0) is 22.8. The Bertz CT molecular complexity index is 1220. The largest absolute Gasteiger partial charge is 0.467 e. The van der Waals surface area contributed by atoms with Gasteiger partial charge in [-0.3, -0.25) is 4.79 Å². The summed E-state index contributed by atoms with van der Waals surface area (Å²) < 4.78 is 18.3. The maximum atomic E-state index is 13.8. The van der Waals surface area contributed by atoms with Gasteiger partial charge < -0.3 is 18.5 Å². The van der Waals surface area contributed by atoms with E-state index in [1.165, 1.54) is 0 Å². The zero-order valence-corrected chi connectivity index (χ0v) is 19.1. The highest BCUT2D eigenvalue weighted by molar-refractivity contribution is 6.06. The molecule has 0 saturated heterocycles. The molecule has 32 heavy (non-hydrogen) atoms. The summed E-state index contributed by atoms with van der Waals surface area (Å²) in [5.41, 5.74) is 2.76. The molecule has 4 aromatic rings. The molecule has 4 aromatic heterocycles. The van der Waals surface area contributed by atoms with Crippen molar-refractivity contribution < 1.29 is 18.4 Å². The number of ether oxygens (including phenoxy) is 1. The van der Waals surface area contributed by atoms with Crippen LogP contribution in [0.1, 0.15) is 47.5 Å². The SMILES string of the molecule is COCCN(Cc1ccco1)C(=O)c1cc(-c2cc(C)oc2C)nc2c1cnn2C(C)C. The molecule has 0 bridgehead atoms. The van der Waals surface area contributed by atoms with Crippen molar-refractivity contribution in [3.8, 4) is 11.3 Å². The standard InChI is InChI=1S/C24H28N4O4/c1-15(2)28-23-21(13-25-28)20(12-22(26-23)19-11-16(3)32-17(19)4)24(29)27(8-10-30-5)14-18-7-6-9-31-18/h6-7,9,11-13,15H,8,10,14H2,1-5H3. The number of rotatable bonds is 8. The lowest BCUT2D eigenvalue weighted by Gasteiger charge is -2.22. The van der Waals surface area contributed by atoms with E-state index in [1.54, 1.807) is 24.5 Å². The van der Waals surface area contributed by atoms with Crippen molar-refractivity contribution in [2.45, 2.75) is 40.3 Å². The van der Waals surface area contributed by atoms with E-state index < -0.39 is 0 Å². The fraction of sp³-hybridized carbons (Fsp3) is 0.375. The molecule has 0 fully saturated rings. The Morgan fingerprint density at radius 3 is 2.72 bits per heavy atom. The summed E-state index contributed by atoms with van der Waals surface area (Å²) in [5, 5.41) is 5.23. The Kier molecular flexibility index (Phi) is 6.14. The number of aromatic nitrogens is 3. The summed E-state index contributed by atoms with van der Waals surface area (Å²) in [6, 6.07) is 7.54. The van der Waals surface area contributed by atoms with Gasteiger partial charge in [0.1, 0.15) is 17.3 Å². The van der Waals surface area contributed by atoms with Gasteiger partial charge in [0, 0.05) is 25.3 Å². The maximum absolute atomic E-state index is 13.8. The molecule has 1 amide bonds. The Morgan fingerprint density at radius 2 is 2.09 bits per heavy atom. The van der Waals surface area contributed by atoms with Crippen molar-refractivity contribution in [1.82, 2.24) is 19.7 Å². The number of fused-ring (bicyclic) bond motifs is 1. The molecule has 0 aliphatic rings. The van der Waals surface area contributed by atoms with Crippen molar-refractivity contribution in [3.05, 3.63) is 59.6 Å². The second-order valence-corrected chi connectivity index (χ2v) is 8.10. The van der Waals surface area contributed by atoms with E-state index in [0.29, 0.717) is 47.7 Å². The second kappa shape index (κ2) is 9.00. The molecule has 0 N–H and O–H groups in total. The summed E-state index contributed by atoms with van der Waals surface area (Å²) in [6.45, 7) is 9.06. The molecule has 0 saturated carbocycles. The fourth-order valence-electron chi connectivity index (χ4n) is 3.81. The van der Waals surface area contributed by atoms with Crippen LogP contribution in [0.2, 0.25) is 0 Å². The molecule has 0 spiro atoms. The number of carbonyl (C=O) groups excluding carboxylic acids is 1. The second-order valence-electron chi connectivity index (χ2n) is 8.10. The van der Waals surface area contributed by atoms with Crippen LogP contribution in [0.5, 0.6) is 0 Å². The monoisotopic (exact) mass is 436 g/mol. The number of hydrogen-bond donors (Lipinski definition) is 0.